The fraction of sp³-hybridized carbons (Fsp3) is 0.222. The Bertz CT molecular complexity index is 904. The molecule has 0 saturated carbocycles. The number of nitrogens with zero attached hydrogens (tertiary/aromatic N) is 2. The number of aryl methyl sites for hydroxylation is 1. The van der Waals surface area contributed by atoms with Gasteiger partial charge in [0, 0.05) is 6.42 Å². The van der Waals surface area contributed by atoms with Crippen LogP contribution in [0, 0.1) is 12.7 Å². The van der Waals surface area contributed by atoms with Gasteiger partial charge in [-0.25, -0.2) is 8.91 Å². The molecule has 0 saturated heterocycles. The summed E-state index contributed by atoms with van der Waals surface area (Å²) < 4.78 is 20.4. The van der Waals surface area contributed by atoms with Crippen molar-refractivity contribution in [3.63, 3.8) is 0 Å². The van der Waals surface area contributed by atoms with E-state index < -0.39 is 0 Å². The zero-order valence-corrected chi connectivity index (χ0v) is 14.1. The Morgan fingerprint density at radius 3 is 2.62 bits per heavy atom. The van der Waals surface area contributed by atoms with Gasteiger partial charge >= 0.3 is 5.97 Å². The Labute approximate surface area is 143 Å². The summed E-state index contributed by atoms with van der Waals surface area (Å²) >= 11 is 6.17. The van der Waals surface area contributed by atoms with Crippen molar-refractivity contribution in [2.45, 2.75) is 26.7 Å². The quantitative estimate of drug-likeness (QED) is 0.637. The van der Waals surface area contributed by atoms with Gasteiger partial charge in [-0.2, -0.15) is 5.10 Å². The Morgan fingerprint density at radius 1 is 1.25 bits per heavy atom. The molecule has 0 N–H and O–H groups in total. The van der Waals surface area contributed by atoms with Gasteiger partial charge in [0.1, 0.15) is 16.7 Å². The van der Waals surface area contributed by atoms with Crippen LogP contribution in [0.2, 0.25) is 5.15 Å². The summed E-state index contributed by atoms with van der Waals surface area (Å²) in [5, 5.41) is 4.83. The van der Waals surface area contributed by atoms with Gasteiger partial charge in [0.15, 0.2) is 5.75 Å². The van der Waals surface area contributed by atoms with Gasteiger partial charge in [-0.05, 0) is 43.2 Å². The Hall–Kier alpha value is -2.40. The molecule has 0 aliphatic rings. The first-order chi connectivity index (χ1) is 11.5. The van der Waals surface area contributed by atoms with E-state index >= 15 is 0 Å². The van der Waals surface area contributed by atoms with Crippen LogP contribution in [0.4, 0.5) is 4.39 Å². The topological polar surface area (TPSA) is 43.6 Å². The van der Waals surface area contributed by atoms with Gasteiger partial charge in [-0.1, -0.05) is 30.7 Å². The van der Waals surface area contributed by atoms with E-state index in [1.807, 2.05) is 6.92 Å². The van der Waals surface area contributed by atoms with E-state index in [1.54, 1.807) is 35.7 Å². The first-order valence-electron chi connectivity index (χ1n) is 7.65. The maximum absolute atomic E-state index is 13.3. The molecule has 6 heteroatoms. The third-order valence-electron chi connectivity index (χ3n) is 3.67. The monoisotopic (exact) mass is 346 g/mol. The normalized spacial score (nSPS) is 11.0. The van der Waals surface area contributed by atoms with Crippen LogP contribution < -0.4 is 4.74 Å². The summed E-state index contributed by atoms with van der Waals surface area (Å²) in [6.45, 7) is 3.65. The fourth-order valence-corrected chi connectivity index (χ4v) is 2.77. The Balaban J connectivity index is 2.25. The van der Waals surface area contributed by atoms with Crippen LogP contribution in [0.15, 0.2) is 36.4 Å². The predicted octanol–water partition coefficient (Wildman–Crippen LogP) is 4.81. The smallest absolute Gasteiger partial charge is 0.311 e. The minimum absolute atomic E-state index is 0.315. The number of halogens is 2. The number of hydrogen-bond donors (Lipinski definition) is 0. The SMILES string of the molecule is CCCC(=O)Oc1c(C)nn2c(Cl)ccc2c1-c1ccc(F)cc1. The lowest BCUT2D eigenvalue weighted by atomic mass is 10.0. The third-order valence-corrected chi connectivity index (χ3v) is 3.96. The molecule has 0 radical (unpaired) electrons. The van der Waals surface area contributed by atoms with Crippen LogP contribution in [0.25, 0.3) is 16.6 Å². The average Bonchev–Trinajstić information content (AvgIpc) is 2.90. The van der Waals surface area contributed by atoms with Crippen molar-refractivity contribution in [3.05, 3.63) is 53.1 Å². The molecule has 0 bridgehead atoms. The highest BCUT2D eigenvalue weighted by Crippen LogP contribution is 2.37. The van der Waals surface area contributed by atoms with Crippen molar-refractivity contribution >= 4 is 23.1 Å². The molecule has 0 amide bonds. The van der Waals surface area contributed by atoms with Gasteiger partial charge in [-0.3, -0.25) is 4.79 Å². The summed E-state index contributed by atoms with van der Waals surface area (Å²) in [5.41, 5.74) is 2.61. The summed E-state index contributed by atoms with van der Waals surface area (Å²) in [6.07, 6.45) is 1.01. The highest BCUT2D eigenvalue weighted by Gasteiger charge is 2.20. The summed E-state index contributed by atoms with van der Waals surface area (Å²) in [6, 6.07) is 9.52. The molecule has 0 atom stereocenters. The molecule has 0 aliphatic heterocycles. The Morgan fingerprint density at radius 2 is 1.96 bits per heavy atom. The molecule has 3 aromatic rings. The molecule has 0 fully saturated rings. The van der Waals surface area contributed by atoms with Crippen LogP contribution in [0.1, 0.15) is 25.5 Å². The van der Waals surface area contributed by atoms with Gasteiger partial charge in [0.05, 0.1) is 11.1 Å². The van der Waals surface area contributed by atoms with E-state index in [4.69, 9.17) is 16.3 Å². The minimum atomic E-state index is -0.335. The molecule has 4 nitrogen and oxygen atoms in total. The average molecular weight is 347 g/mol. The lowest BCUT2D eigenvalue weighted by Crippen LogP contribution is -2.11. The zero-order valence-electron chi connectivity index (χ0n) is 13.3. The van der Waals surface area contributed by atoms with E-state index in [0.29, 0.717) is 40.5 Å². The number of hydrogen-bond acceptors (Lipinski definition) is 3. The molecular weight excluding hydrogens is 331 g/mol. The van der Waals surface area contributed by atoms with Crippen LogP contribution in [-0.4, -0.2) is 15.6 Å². The predicted molar refractivity (Wildman–Crippen MR) is 90.9 cm³/mol. The van der Waals surface area contributed by atoms with Crippen molar-refractivity contribution in [3.8, 4) is 16.9 Å². The standard InChI is InChI=1S/C18H16ClFN2O2/c1-3-4-16(23)24-18-11(2)21-22-14(9-10-15(22)19)17(18)12-5-7-13(20)8-6-12/h5-10H,3-4H2,1-2H3. The number of carbonyl (C=O) groups is 1. The molecule has 0 spiro atoms. The van der Waals surface area contributed by atoms with Crippen LogP contribution in [0.5, 0.6) is 5.75 Å². The third kappa shape index (κ3) is 2.99. The van der Waals surface area contributed by atoms with E-state index in [-0.39, 0.29) is 11.8 Å². The van der Waals surface area contributed by atoms with Crippen LogP contribution in [0.3, 0.4) is 0 Å². The van der Waals surface area contributed by atoms with Gasteiger partial charge in [0.2, 0.25) is 0 Å². The van der Waals surface area contributed by atoms with E-state index in [0.717, 1.165) is 5.56 Å². The molecule has 124 valence electrons. The molecule has 1 aromatic carbocycles. The number of fused-ring (bicyclic) bond motifs is 1. The van der Waals surface area contributed by atoms with Gasteiger partial charge in [-0.15, -0.1) is 0 Å². The second kappa shape index (κ2) is 6.61. The molecule has 0 aliphatic carbocycles. The zero-order chi connectivity index (χ0) is 17.3. The first kappa shape index (κ1) is 16.5. The number of carbonyl (C=O) groups excluding carboxylic acids is 1. The van der Waals surface area contributed by atoms with Gasteiger partial charge < -0.3 is 4.74 Å². The number of rotatable bonds is 4. The van der Waals surface area contributed by atoms with Gasteiger partial charge in [0.25, 0.3) is 0 Å². The lowest BCUT2D eigenvalue weighted by molar-refractivity contribution is -0.134. The van der Waals surface area contributed by atoms with E-state index in [9.17, 15) is 9.18 Å². The van der Waals surface area contributed by atoms with Crippen molar-refractivity contribution < 1.29 is 13.9 Å². The largest absolute Gasteiger partial charge is 0.424 e. The van der Waals surface area contributed by atoms with Crippen molar-refractivity contribution in [2.24, 2.45) is 0 Å². The van der Waals surface area contributed by atoms with E-state index in [1.165, 1.54) is 12.1 Å². The molecule has 2 aromatic heterocycles. The number of benzene rings is 1. The minimum Gasteiger partial charge on any atom is -0.424 e. The van der Waals surface area contributed by atoms with Crippen LogP contribution in [-0.2, 0) is 4.79 Å². The van der Waals surface area contributed by atoms with Crippen LogP contribution >= 0.6 is 11.6 Å². The molecule has 24 heavy (non-hydrogen) atoms. The maximum atomic E-state index is 13.3. The second-order valence-electron chi connectivity index (χ2n) is 5.47. The van der Waals surface area contributed by atoms with Crippen molar-refractivity contribution in [1.29, 1.82) is 0 Å². The maximum Gasteiger partial charge on any atom is 0.311 e. The Kier molecular flexibility index (Phi) is 4.53. The molecular formula is C18H16ClFN2O2. The summed E-state index contributed by atoms with van der Waals surface area (Å²) in [7, 11) is 0. The molecule has 3 rings (SSSR count). The van der Waals surface area contributed by atoms with E-state index in [2.05, 4.69) is 5.10 Å². The van der Waals surface area contributed by atoms with Crippen molar-refractivity contribution in [1.82, 2.24) is 9.61 Å². The number of ether oxygens (including phenoxy) is 1. The second-order valence-corrected chi connectivity index (χ2v) is 5.86. The number of esters is 1. The highest BCUT2D eigenvalue weighted by atomic mass is 35.5. The molecule has 0 unspecified atom stereocenters. The lowest BCUT2D eigenvalue weighted by Gasteiger charge is -2.14. The highest BCUT2D eigenvalue weighted by molar-refractivity contribution is 6.30. The number of aromatic nitrogens is 2. The summed E-state index contributed by atoms with van der Waals surface area (Å²) in [4.78, 5) is 12.0. The first-order valence-corrected chi connectivity index (χ1v) is 8.03. The molecule has 2 heterocycles. The fourth-order valence-electron chi connectivity index (χ4n) is 2.58. The van der Waals surface area contributed by atoms with Crippen molar-refractivity contribution in [2.75, 3.05) is 0 Å². The summed E-state index contributed by atoms with van der Waals surface area (Å²) in [5.74, 6) is -0.284.